The van der Waals surface area contributed by atoms with Crippen molar-refractivity contribution in [2.45, 2.75) is 38.3 Å². The average molecular weight is 289 g/mol. The predicted molar refractivity (Wildman–Crippen MR) is 82.4 cm³/mol. The Bertz CT molecular complexity index is 461. The third-order valence-electron chi connectivity index (χ3n) is 3.96. The third kappa shape index (κ3) is 4.90. The van der Waals surface area contributed by atoms with Crippen molar-refractivity contribution >= 4 is 5.97 Å². The third-order valence-corrected chi connectivity index (χ3v) is 3.96. The summed E-state index contributed by atoms with van der Waals surface area (Å²) in [5.41, 5.74) is 1.21. The molecule has 1 aliphatic carbocycles. The SMILES string of the molecule is C=CCOc1ccc(CNC2CCC(C(=O)O)CC2)cc1. The van der Waals surface area contributed by atoms with E-state index < -0.39 is 5.97 Å². The first-order valence-corrected chi connectivity index (χ1v) is 7.48. The van der Waals surface area contributed by atoms with Gasteiger partial charge in [-0.2, -0.15) is 0 Å². The predicted octanol–water partition coefficient (Wildman–Crippen LogP) is 2.98. The summed E-state index contributed by atoms with van der Waals surface area (Å²) in [4.78, 5) is 10.9. The van der Waals surface area contributed by atoms with Crippen LogP contribution in [0.1, 0.15) is 31.2 Å². The Morgan fingerprint density at radius 3 is 2.52 bits per heavy atom. The van der Waals surface area contributed by atoms with Crippen LogP contribution in [0.4, 0.5) is 0 Å². The van der Waals surface area contributed by atoms with Gasteiger partial charge in [-0.05, 0) is 43.4 Å². The molecule has 0 amide bonds. The minimum absolute atomic E-state index is 0.149. The molecule has 0 unspecified atom stereocenters. The summed E-state index contributed by atoms with van der Waals surface area (Å²) < 4.78 is 5.44. The quantitative estimate of drug-likeness (QED) is 0.758. The number of carbonyl (C=O) groups is 1. The summed E-state index contributed by atoms with van der Waals surface area (Å²) in [5, 5.41) is 12.5. The largest absolute Gasteiger partial charge is 0.490 e. The van der Waals surface area contributed by atoms with Crippen molar-refractivity contribution in [1.29, 1.82) is 0 Å². The molecule has 0 saturated heterocycles. The molecule has 0 radical (unpaired) electrons. The molecule has 1 aromatic rings. The molecule has 21 heavy (non-hydrogen) atoms. The first-order valence-electron chi connectivity index (χ1n) is 7.48. The van der Waals surface area contributed by atoms with Crippen molar-refractivity contribution < 1.29 is 14.6 Å². The molecule has 4 heteroatoms. The average Bonchev–Trinajstić information content (AvgIpc) is 2.52. The molecule has 1 fully saturated rings. The molecule has 0 atom stereocenters. The standard InChI is InChI=1S/C17H23NO3/c1-2-11-21-16-9-3-13(4-10-16)12-18-15-7-5-14(6-8-15)17(19)20/h2-4,9-10,14-15,18H,1,5-8,11-12H2,(H,19,20). The highest BCUT2D eigenvalue weighted by Gasteiger charge is 2.25. The number of ether oxygens (including phenoxy) is 1. The monoisotopic (exact) mass is 289 g/mol. The zero-order valence-electron chi connectivity index (χ0n) is 12.3. The van der Waals surface area contributed by atoms with Crippen LogP contribution in [0, 0.1) is 5.92 Å². The van der Waals surface area contributed by atoms with Gasteiger partial charge < -0.3 is 15.2 Å². The number of carboxylic acid groups (broad SMARTS) is 1. The van der Waals surface area contributed by atoms with E-state index in [1.807, 2.05) is 24.3 Å². The Morgan fingerprint density at radius 1 is 1.29 bits per heavy atom. The molecule has 2 N–H and O–H groups in total. The topological polar surface area (TPSA) is 58.6 Å². The van der Waals surface area contributed by atoms with E-state index in [-0.39, 0.29) is 5.92 Å². The summed E-state index contributed by atoms with van der Waals surface area (Å²) in [5.74, 6) is 0.0496. The molecule has 1 aromatic carbocycles. The van der Waals surface area contributed by atoms with Crippen molar-refractivity contribution in [2.24, 2.45) is 5.92 Å². The number of benzene rings is 1. The van der Waals surface area contributed by atoms with E-state index in [2.05, 4.69) is 11.9 Å². The lowest BCUT2D eigenvalue weighted by atomic mass is 9.86. The number of nitrogens with one attached hydrogen (secondary N) is 1. The highest BCUT2D eigenvalue weighted by atomic mass is 16.5. The maximum absolute atomic E-state index is 10.9. The van der Waals surface area contributed by atoms with Gasteiger partial charge in [0.05, 0.1) is 5.92 Å². The van der Waals surface area contributed by atoms with Crippen LogP contribution in [-0.4, -0.2) is 23.7 Å². The zero-order valence-corrected chi connectivity index (χ0v) is 12.3. The normalized spacial score (nSPS) is 21.7. The van der Waals surface area contributed by atoms with Gasteiger partial charge in [-0.3, -0.25) is 4.79 Å². The molecule has 1 saturated carbocycles. The number of carboxylic acids is 1. The van der Waals surface area contributed by atoms with Crippen LogP contribution in [0.15, 0.2) is 36.9 Å². The first-order chi connectivity index (χ1) is 10.2. The second kappa shape index (κ2) is 7.84. The minimum atomic E-state index is -0.649. The molecule has 0 heterocycles. The fraction of sp³-hybridized carbons (Fsp3) is 0.471. The zero-order chi connectivity index (χ0) is 15.1. The van der Waals surface area contributed by atoms with Gasteiger partial charge in [0.1, 0.15) is 12.4 Å². The molecule has 0 spiro atoms. The molecule has 0 aliphatic heterocycles. The van der Waals surface area contributed by atoms with Gasteiger partial charge in [-0.15, -0.1) is 0 Å². The van der Waals surface area contributed by atoms with Gasteiger partial charge in [0.15, 0.2) is 0 Å². The van der Waals surface area contributed by atoms with Crippen LogP contribution < -0.4 is 10.1 Å². The molecular weight excluding hydrogens is 266 g/mol. The summed E-state index contributed by atoms with van der Waals surface area (Å²) in [6, 6.07) is 8.45. The van der Waals surface area contributed by atoms with Gasteiger partial charge in [0.2, 0.25) is 0 Å². The smallest absolute Gasteiger partial charge is 0.306 e. The van der Waals surface area contributed by atoms with Gasteiger partial charge in [-0.1, -0.05) is 24.8 Å². The molecule has 2 rings (SSSR count). The maximum atomic E-state index is 10.9. The number of rotatable bonds is 7. The van der Waals surface area contributed by atoms with Gasteiger partial charge in [0.25, 0.3) is 0 Å². The van der Waals surface area contributed by atoms with Crippen molar-refractivity contribution in [3.63, 3.8) is 0 Å². The van der Waals surface area contributed by atoms with E-state index in [4.69, 9.17) is 9.84 Å². The van der Waals surface area contributed by atoms with Gasteiger partial charge >= 0.3 is 5.97 Å². The Labute approximate surface area is 125 Å². The summed E-state index contributed by atoms with van der Waals surface area (Å²) in [6.45, 7) is 4.95. The highest BCUT2D eigenvalue weighted by Crippen LogP contribution is 2.24. The summed E-state index contributed by atoms with van der Waals surface area (Å²) >= 11 is 0. The molecule has 114 valence electrons. The van der Waals surface area contributed by atoms with Crippen molar-refractivity contribution in [3.05, 3.63) is 42.5 Å². The van der Waals surface area contributed by atoms with Crippen LogP contribution in [0.5, 0.6) is 5.75 Å². The Kier molecular flexibility index (Phi) is 5.81. The maximum Gasteiger partial charge on any atom is 0.306 e. The molecular formula is C17H23NO3. The molecule has 0 aromatic heterocycles. The van der Waals surface area contributed by atoms with Gasteiger partial charge in [0, 0.05) is 12.6 Å². The lowest BCUT2D eigenvalue weighted by Crippen LogP contribution is -2.34. The molecule has 0 bridgehead atoms. The van der Waals surface area contributed by atoms with E-state index in [0.29, 0.717) is 12.6 Å². The number of hydrogen-bond donors (Lipinski definition) is 2. The Balaban J connectivity index is 1.73. The number of hydrogen-bond acceptors (Lipinski definition) is 3. The second-order valence-corrected chi connectivity index (χ2v) is 5.51. The van der Waals surface area contributed by atoms with Gasteiger partial charge in [-0.25, -0.2) is 0 Å². The first kappa shape index (κ1) is 15.6. The van der Waals surface area contributed by atoms with Crippen molar-refractivity contribution in [1.82, 2.24) is 5.32 Å². The van der Waals surface area contributed by atoms with E-state index in [1.54, 1.807) is 6.08 Å². The Morgan fingerprint density at radius 2 is 1.95 bits per heavy atom. The summed E-state index contributed by atoms with van der Waals surface area (Å²) in [6.07, 6.45) is 5.17. The molecule has 1 aliphatic rings. The lowest BCUT2D eigenvalue weighted by Gasteiger charge is -2.27. The number of aliphatic carboxylic acids is 1. The van der Waals surface area contributed by atoms with E-state index in [0.717, 1.165) is 38.0 Å². The lowest BCUT2D eigenvalue weighted by molar-refractivity contribution is -0.142. The van der Waals surface area contributed by atoms with E-state index in [1.165, 1.54) is 5.56 Å². The van der Waals surface area contributed by atoms with E-state index >= 15 is 0 Å². The van der Waals surface area contributed by atoms with Crippen LogP contribution >= 0.6 is 0 Å². The van der Waals surface area contributed by atoms with E-state index in [9.17, 15) is 4.79 Å². The minimum Gasteiger partial charge on any atom is -0.490 e. The van der Waals surface area contributed by atoms with Crippen molar-refractivity contribution in [3.8, 4) is 5.75 Å². The Hall–Kier alpha value is -1.81. The second-order valence-electron chi connectivity index (χ2n) is 5.51. The van der Waals surface area contributed by atoms with Crippen LogP contribution in [-0.2, 0) is 11.3 Å². The molecule has 4 nitrogen and oxygen atoms in total. The van der Waals surface area contributed by atoms with Crippen LogP contribution in [0.25, 0.3) is 0 Å². The van der Waals surface area contributed by atoms with Crippen LogP contribution in [0.2, 0.25) is 0 Å². The fourth-order valence-electron chi connectivity index (χ4n) is 2.67. The highest BCUT2D eigenvalue weighted by molar-refractivity contribution is 5.70. The van der Waals surface area contributed by atoms with Crippen molar-refractivity contribution in [2.75, 3.05) is 6.61 Å². The van der Waals surface area contributed by atoms with Crippen LogP contribution in [0.3, 0.4) is 0 Å². The summed E-state index contributed by atoms with van der Waals surface area (Å²) in [7, 11) is 0. The fourth-order valence-corrected chi connectivity index (χ4v) is 2.67.